The zero-order chi connectivity index (χ0) is 14.0. The third-order valence-electron chi connectivity index (χ3n) is 2.90. The van der Waals surface area contributed by atoms with Crippen LogP contribution in [0.3, 0.4) is 0 Å². The number of primary amides is 1. The summed E-state index contributed by atoms with van der Waals surface area (Å²) in [6.07, 6.45) is 3.12. The minimum atomic E-state index is -0.608. The molecule has 0 bridgehead atoms. The summed E-state index contributed by atoms with van der Waals surface area (Å²) in [5.74, 6) is -0.738. The maximum Gasteiger partial charge on any atom is 0.269 e. The number of nitrogens with zero attached hydrogens (tertiary/aromatic N) is 2. The molecule has 98 valence electrons. The summed E-state index contributed by atoms with van der Waals surface area (Å²) >= 11 is 0. The van der Waals surface area contributed by atoms with Crippen LogP contribution in [0.1, 0.15) is 45.2 Å². The number of pyridine rings is 1. The van der Waals surface area contributed by atoms with E-state index in [4.69, 9.17) is 5.73 Å². The average molecular weight is 258 g/mol. The molecule has 0 fully saturated rings. The summed E-state index contributed by atoms with van der Waals surface area (Å²) in [6.45, 7) is 3.42. The average Bonchev–Trinajstić information content (AvgIpc) is 2.80. The van der Waals surface area contributed by atoms with Crippen molar-refractivity contribution in [2.45, 2.75) is 19.8 Å². The Kier molecular flexibility index (Phi) is 3.41. The first-order chi connectivity index (χ1) is 9.00. The number of carbonyl (C=O) groups is 2. The van der Waals surface area contributed by atoms with Gasteiger partial charge in [-0.2, -0.15) is 0 Å². The number of rotatable bonds is 4. The van der Waals surface area contributed by atoms with Crippen molar-refractivity contribution in [3.05, 3.63) is 47.3 Å². The number of ketones is 1. The lowest BCUT2D eigenvalue weighted by atomic mass is 10.00. The monoisotopic (exact) mass is 258 g/mol. The van der Waals surface area contributed by atoms with Gasteiger partial charge in [0.25, 0.3) is 5.91 Å². The van der Waals surface area contributed by atoms with E-state index in [2.05, 4.69) is 15.0 Å². The number of aromatic nitrogens is 3. The van der Waals surface area contributed by atoms with Crippen LogP contribution in [-0.2, 0) is 0 Å². The number of aromatic amines is 1. The molecule has 19 heavy (non-hydrogen) atoms. The zero-order valence-corrected chi connectivity index (χ0v) is 10.7. The third kappa shape index (κ3) is 2.52. The van der Waals surface area contributed by atoms with E-state index < -0.39 is 11.8 Å². The molecular formula is C13H14N4O2. The van der Waals surface area contributed by atoms with E-state index in [-0.39, 0.29) is 11.5 Å². The van der Waals surface area contributed by atoms with Gasteiger partial charge in [-0.05, 0) is 26.0 Å². The van der Waals surface area contributed by atoms with Crippen molar-refractivity contribution in [1.29, 1.82) is 0 Å². The van der Waals surface area contributed by atoms with Crippen LogP contribution in [0.4, 0.5) is 0 Å². The quantitative estimate of drug-likeness (QED) is 0.804. The first kappa shape index (κ1) is 12.9. The lowest BCUT2D eigenvalue weighted by Crippen LogP contribution is -2.14. The minimum Gasteiger partial charge on any atom is -0.364 e. The molecule has 6 heteroatoms. The van der Waals surface area contributed by atoms with Crippen molar-refractivity contribution < 1.29 is 9.59 Å². The summed E-state index contributed by atoms with van der Waals surface area (Å²) in [5, 5.41) is 0. The van der Waals surface area contributed by atoms with Crippen LogP contribution < -0.4 is 5.73 Å². The molecule has 0 saturated heterocycles. The molecule has 0 spiro atoms. The van der Waals surface area contributed by atoms with Gasteiger partial charge in [-0.15, -0.1) is 0 Å². The molecular weight excluding hydrogens is 244 g/mol. The maximum absolute atomic E-state index is 12.2. The van der Waals surface area contributed by atoms with Crippen LogP contribution in [0.15, 0.2) is 24.5 Å². The number of nitrogens with two attached hydrogens (primary N) is 1. The SMILES string of the molecule is Cc1[nH]c(C(C)C(=O)c2ccncc2)nc1C(N)=O. The van der Waals surface area contributed by atoms with E-state index in [1.807, 2.05) is 0 Å². The minimum absolute atomic E-state index is 0.0906. The van der Waals surface area contributed by atoms with Gasteiger partial charge in [-0.3, -0.25) is 14.6 Å². The molecule has 1 amide bonds. The van der Waals surface area contributed by atoms with Gasteiger partial charge < -0.3 is 10.7 Å². The van der Waals surface area contributed by atoms with E-state index in [1.54, 1.807) is 38.4 Å². The molecule has 0 aliphatic carbocycles. The molecule has 2 heterocycles. The van der Waals surface area contributed by atoms with Crippen molar-refractivity contribution in [2.24, 2.45) is 5.73 Å². The van der Waals surface area contributed by atoms with E-state index in [9.17, 15) is 9.59 Å². The second kappa shape index (κ2) is 5.01. The van der Waals surface area contributed by atoms with Crippen molar-refractivity contribution in [2.75, 3.05) is 0 Å². The van der Waals surface area contributed by atoms with Gasteiger partial charge in [0.05, 0.1) is 5.92 Å². The highest BCUT2D eigenvalue weighted by molar-refractivity contribution is 6.00. The van der Waals surface area contributed by atoms with Crippen LogP contribution in [0, 0.1) is 6.92 Å². The number of H-pyrrole nitrogens is 1. The fraction of sp³-hybridized carbons (Fsp3) is 0.231. The van der Waals surface area contributed by atoms with Gasteiger partial charge in [0.15, 0.2) is 5.78 Å². The Morgan fingerprint density at radius 3 is 2.47 bits per heavy atom. The summed E-state index contributed by atoms with van der Waals surface area (Å²) in [6, 6.07) is 3.28. The topological polar surface area (TPSA) is 102 Å². The van der Waals surface area contributed by atoms with Crippen molar-refractivity contribution in [1.82, 2.24) is 15.0 Å². The smallest absolute Gasteiger partial charge is 0.269 e. The number of imidazole rings is 1. The molecule has 0 aliphatic heterocycles. The largest absolute Gasteiger partial charge is 0.364 e. The Bertz CT molecular complexity index is 619. The summed E-state index contributed by atoms with van der Waals surface area (Å²) in [5.41, 5.74) is 6.49. The maximum atomic E-state index is 12.2. The van der Waals surface area contributed by atoms with Crippen molar-refractivity contribution >= 4 is 11.7 Å². The number of amides is 1. The number of aryl methyl sites for hydroxylation is 1. The summed E-state index contributed by atoms with van der Waals surface area (Å²) < 4.78 is 0. The van der Waals surface area contributed by atoms with Gasteiger partial charge in [0.1, 0.15) is 11.5 Å². The Morgan fingerprint density at radius 1 is 1.32 bits per heavy atom. The fourth-order valence-corrected chi connectivity index (χ4v) is 1.82. The molecule has 0 aliphatic rings. The fourth-order valence-electron chi connectivity index (χ4n) is 1.82. The van der Waals surface area contributed by atoms with Crippen LogP contribution in [0.2, 0.25) is 0 Å². The predicted octanol–water partition coefficient (Wildman–Crippen LogP) is 1.20. The Morgan fingerprint density at radius 2 is 1.95 bits per heavy atom. The second-order valence-corrected chi connectivity index (χ2v) is 4.28. The third-order valence-corrected chi connectivity index (χ3v) is 2.90. The van der Waals surface area contributed by atoms with Gasteiger partial charge >= 0.3 is 0 Å². The highest BCUT2D eigenvalue weighted by atomic mass is 16.1. The standard InChI is InChI=1S/C13H14N4O2/c1-7(11(18)9-3-5-15-6-4-9)13-16-8(2)10(17-13)12(14)19/h3-7H,1-2H3,(H2,14,19)(H,16,17). The van der Waals surface area contributed by atoms with Crippen LogP contribution in [0.25, 0.3) is 0 Å². The molecule has 2 aromatic rings. The van der Waals surface area contributed by atoms with Crippen molar-refractivity contribution in [3.63, 3.8) is 0 Å². The predicted molar refractivity (Wildman–Crippen MR) is 68.8 cm³/mol. The van der Waals surface area contributed by atoms with Gasteiger partial charge in [0, 0.05) is 23.7 Å². The van der Waals surface area contributed by atoms with Gasteiger partial charge in [-0.25, -0.2) is 4.98 Å². The first-order valence-corrected chi connectivity index (χ1v) is 5.81. The Balaban J connectivity index is 2.30. The first-order valence-electron chi connectivity index (χ1n) is 5.81. The molecule has 3 N–H and O–H groups in total. The van der Waals surface area contributed by atoms with E-state index in [0.717, 1.165) is 0 Å². The molecule has 1 unspecified atom stereocenters. The summed E-state index contributed by atoms with van der Waals surface area (Å²) in [7, 11) is 0. The molecule has 1 atom stereocenters. The normalized spacial score (nSPS) is 12.1. The van der Waals surface area contributed by atoms with Gasteiger partial charge in [-0.1, -0.05) is 0 Å². The lowest BCUT2D eigenvalue weighted by molar-refractivity contribution is 0.0958. The Hall–Kier alpha value is -2.50. The molecule has 0 saturated carbocycles. The number of carbonyl (C=O) groups excluding carboxylic acids is 2. The van der Waals surface area contributed by atoms with E-state index in [1.165, 1.54) is 0 Å². The highest BCUT2D eigenvalue weighted by Gasteiger charge is 2.22. The van der Waals surface area contributed by atoms with Crippen molar-refractivity contribution in [3.8, 4) is 0 Å². The second-order valence-electron chi connectivity index (χ2n) is 4.28. The molecule has 2 aromatic heterocycles. The van der Waals surface area contributed by atoms with E-state index in [0.29, 0.717) is 17.1 Å². The zero-order valence-electron chi connectivity index (χ0n) is 10.7. The van der Waals surface area contributed by atoms with Crippen LogP contribution >= 0.6 is 0 Å². The number of hydrogen-bond donors (Lipinski definition) is 2. The lowest BCUT2D eigenvalue weighted by Gasteiger charge is -2.07. The molecule has 2 rings (SSSR count). The summed E-state index contributed by atoms with van der Waals surface area (Å²) in [4.78, 5) is 34.3. The van der Waals surface area contributed by atoms with Crippen LogP contribution in [-0.4, -0.2) is 26.6 Å². The van der Waals surface area contributed by atoms with Gasteiger partial charge in [0.2, 0.25) is 0 Å². The number of hydrogen-bond acceptors (Lipinski definition) is 4. The number of Topliss-reactive ketones (excluding diaryl/α,β-unsaturated/α-hetero) is 1. The Labute approximate surface area is 110 Å². The number of nitrogens with one attached hydrogen (secondary N) is 1. The molecule has 0 aromatic carbocycles. The van der Waals surface area contributed by atoms with Crippen LogP contribution in [0.5, 0.6) is 0 Å². The molecule has 0 radical (unpaired) electrons. The molecule has 6 nitrogen and oxygen atoms in total. The highest BCUT2D eigenvalue weighted by Crippen LogP contribution is 2.19. The van der Waals surface area contributed by atoms with E-state index >= 15 is 0 Å².